The van der Waals surface area contributed by atoms with Crippen molar-refractivity contribution >= 4 is 0 Å². The molecule has 0 amide bonds. The van der Waals surface area contributed by atoms with Gasteiger partial charge in [-0.05, 0) is 37.8 Å². The first-order valence-corrected chi connectivity index (χ1v) is 5.67. The molecule has 2 atom stereocenters. The molecule has 0 aliphatic carbocycles. The van der Waals surface area contributed by atoms with Gasteiger partial charge in [-0.15, -0.1) is 0 Å². The molecule has 0 aliphatic heterocycles. The Morgan fingerprint density at radius 3 is 1.67 bits per heavy atom. The Balaban J connectivity index is 3.44. The van der Waals surface area contributed by atoms with E-state index in [-0.39, 0.29) is 12.1 Å². The average Bonchev–Trinajstić information content (AvgIpc) is 2.26. The molecular weight excluding hydrogens is 188 g/mol. The maximum atomic E-state index is 5.73. The van der Waals surface area contributed by atoms with E-state index in [0.717, 1.165) is 25.7 Å². The molecule has 0 aliphatic rings. The van der Waals surface area contributed by atoms with Crippen LogP contribution in [0.1, 0.15) is 39.5 Å². The van der Waals surface area contributed by atoms with E-state index in [0.29, 0.717) is 0 Å². The van der Waals surface area contributed by atoms with Crippen molar-refractivity contribution in [3.8, 4) is 0 Å². The van der Waals surface area contributed by atoms with Gasteiger partial charge in [-0.25, -0.2) is 0 Å². The summed E-state index contributed by atoms with van der Waals surface area (Å²) in [4.78, 5) is 0. The van der Waals surface area contributed by atoms with Crippen molar-refractivity contribution in [3.05, 3.63) is 24.7 Å². The van der Waals surface area contributed by atoms with Crippen LogP contribution in [0.3, 0.4) is 0 Å². The quantitative estimate of drug-likeness (QED) is 0.607. The first-order valence-electron chi connectivity index (χ1n) is 5.67. The van der Waals surface area contributed by atoms with Crippen LogP contribution in [0, 0.1) is 0 Å². The first kappa shape index (κ1) is 14.2. The summed E-state index contributed by atoms with van der Waals surface area (Å²) in [5, 5.41) is 0. The number of hydrogen-bond donors (Lipinski definition) is 2. The van der Waals surface area contributed by atoms with Crippen LogP contribution in [0.25, 0.3) is 0 Å². The van der Waals surface area contributed by atoms with Crippen LogP contribution in [0.2, 0.25) is 0 Å². The minimum Gasteiger partial charge on any atom is -0.473 e. The van der Waals surface area contributed by atoms with E-state index < -0.39 is 0 Å². The predicted octanol–water partition coefficient (Wildman–Crippen LogP) is 2.29. The fourth-order valence-corrected chi connectivity index (χ4v) is 0.951. The minimum absolute atomic E-state index is 0.238. The topological polar surface area (TPSA) is 61.3 Å². The SMILES string of the molecule is CCC(N)CC=COC=CCC(N)CC. The van der Waals surface area contributed by atoms with Gasteiger partial charge in [0.05, 0.1) is 12.5 Å². The van der Waals surface area contributed by atoms with Crippen molar-refractivity contribution in [3.63, 3.8) is 0 Å². The van der Waals surface area contributed by atoms with Crippen molar-refractivity contribution in [2.24, 2.45) is 11.5 Å². The van der Waals surface area contributed by atoms with Crippen LogP contribution in [-0.4, -0.2) is 12.1 Å². The molecule has 0 fully saturated rings. The second kappa shape index (κ2) is 9.74. The van der Waals surface area contributed by atoms with Gasteiger partial charge in [0.15, 0.2) is 0 Å². The summed E-state index contributed by atoms with van der Waals surface area (Å²) in [7, 11) is 0. The summed E-state index contributed by atoms with van der Waals surface area (Å²) in [5.41, 5.74) is 11.5. The van der Waals surface area contributed by atoms with Gasteiger partial charge in [-0.2, -0.15) is 0 Å². The lowest BCUT2D eigenvalue weighted by Crippen LogP contribution is -2.16. The van der Waals surface area contributed by atoms with Crippen LogP contribution in [0.15, 0.2) is 24.7 Å². The largest absolute Gasteiger partial charge is 0.473 e. The lowest BCUT2D eigenvalue weighted by atomic mass is 10.2. The Labute approximate surface area is 93.2 Å². The maximum Gasteiger partial charge on any atom is 0.0861 e. The van der Waals surface area contributed by atoms with Crippen molar-refractivity contribution in [2.75, 3.05) is 0 Å². The Bertz CT molecular complexity index is 170. The van der Waals surface area contributed by atoms with Gasteiger partial charge in [-0.3, -0.25) is 0 Å². The lowest BCUT2D eigenvalue weighted by molar-refractivity contribution is 0.396. The fraction of sp³-hybridized carbons (Fsp3) is 0.667. The highest BCUT2D eigenvalue weighted by molar-refractivity contribution is 4.84. The molecule has 0 saturated heterocycles. The summed E-state index contributed by atoms with van der Waals surface area (Å²) in [6.07, 6.45) is 10.9. The Morgan fingerprint density at radius 1 is 0.933 bits per heavy atom. The number of nitrogens with two attached hydrogens (primary N) is 2. The zero-order chi connectivity index (χ0) is 11.5. The molecule has 3 nitrogen and oxygen atoms in total. The van der Waals surface area contributed by atoms with E-state index >= 15 is 0 Å². The van der Waals surface area contributed by atoms with Crippen LogP contribution in [0.4, 0.5) is 0 Å². The van der Waals surface area contributed by atoms with E-state index in [9.17, 15) is 0 Å². The first-order chi connectivity index (χ1) is 7.20. The molecule has 3 heteroatoms. The molecule has 2 unspecified atom stereocenters. The average molecular weight is 212 g/mol. The third-order valence-corrected chi connectivity index (χ3v) is 2.28. The third-order valence-electron chi connectivity index (χ3n) is 2.28. The van der Waals surface area contributed by atoms with Gasteiger partial charge in [0.1, 0.15) is 0 Å². The smallest absolute Gasteiger partial charge is 0.0861 e. The van der Waals surface area contributed by atoms with Gasteiger partial charge in [0, 0.05) is 12.1 Å². The molecule has 0 heterocycles. The Hall–Kier alpha value is -0.800. The van der Waals surface area contributed by atoms with Crippen molar-refractivity contribution in [1.82, 2.24) is 0 Å². The molecule has 0 spiro atoms. The van der Waals surface area contributed by atoms with Gasteiger partial charge >= 0.3 is 0 Å². The Morgan fingerprint density at radius 2 is 1.33 bits per heavy atom. The normalized spacial score (nSPS) is 16.0. The molecule has 15 heavy (non-hydrogen) atoms. The lowest BCUT2D eigenvalue weighted by Gasteiger charge is -2.03. The molecule has 0 saturated carbocycles. The summed E-state index contributed by atoms with van der Waals surface area (Å²) < 4.78 is 5.15. The second-order valence-corrected chi connectivity index (χ2v) is 3.69. The van der Waals surface area contributed by atoms with Crippen molar-refractivity contribution in [2.45, 2.75) is 51.6 Å². The Kier molecular flexibility index (Phi) is 9.22. The van der Waals surface area contributed by atoms with Gasteiger partial charge in [0.2, 0.25) is 0 Å². The van der Waals surface area contributed by atoms with Gasteiger partial charge in [0.25, 0.3) is 0 Å². The molecule has 0 rings (SSSR count). The van der Waals surface area contributed by atoms with E-state index in [1.54, 1.807) is 12.5 Å². The van der Waals surface area contributed by atoms with Crippen LogP contribution in [-0.2, 0) is 4.74 Å². The number of rotatable bonds is 8. The molecule has 0 bridgehead atoms. The van der Waals surface area contributed by atoms with Crippen molar-refractivity contribution < 1.29 is 4.74 Å². The number of hydrogen-bond acceptors (Lipinski definition) is 3. The summed E-state index contributed by atoms with van der Waals surface area (Å²) in [6, 6.07) is 0.477. The van der Waals surface area contributed by atoms with Gasteiger partial charge in [-0.1, -0.05) is 13.8 Å². The van der Waals surface area contributed by atoms with E-state index in [4.69, 9.17) is 16.2 Å². The summed E-state index contributed by atoms with van der Waals surface area (Å²) >= 11 is 0. The molecule has 0 aromatic carbocycles. The molecule has 4 N–H and O–H groups in total. The minimum atomic E-state index is 0.238. The standard InChI is InChI=1S/C12H24N2O/c1-3-11(13)7-5-9-15-10-6-8-12(14)4-2/h5-6,9-12H,3-4,7-8,13-14H2,1-2H3. The van der Waals surface area contributed by atoms with E-state index in [1.807, 2.05) is 12.2 Å². The van der Waals surface area contributed by atoms with Gasteiger partial charge < -0.3 is 16.2 Å². The zero-order valence-electron chi connectivity index (χ0n) is 9.86. The highest BCUT2D eigenvalue weighted by Gasteiger charge is 1.94. The molecule has 0 aromatic heterocycles. The molecule has 88 valence electrons. The summed E-state index contributed by atoms with van der Waals surface area (Å²) in [6.45, 7) is 4.15. The molecule has 0 radical (unpaired) electrons. The summed E-state index contributed by atoms with van der Waals surface area (Å²) in [5.74, 6) is 0. The highest BCUT2D eigenvalue weighted by atomic mass is 16.5. The predicted molar refractivity (Wildman–Crippen MR) is 65.1 cm³/mol. The van der Waals surface area contributed by atoms with Crippen LogP contribution in [0.5, 0.6) is 0 Å². The monoisotopic (exact) mass is 212 g/mol. The molecule has 0 aromatic rings. The second-order valence-electron chi connectivity index (χ2n) is 3.69. The highest BCUT2D eigenvalue weighted by Crippen LogP contribution is 1.97. The van der Waals surface area contributed by atoms with E-state index in [2.05, 4.69) is 13.8 Å². The third kappa shape index (κ3) is 9.50. The fourth-order valence-electron chi connectivity index (χ4n) is 0.951. The van der Waals surface area contributed by atoms with Crippen molar-refractivity contribution in [1.29, 1.82) is 0 Å². The zero-order valence-corrected chi connectivity index (χ0v) is 9.86. The van der Waals surface area contributed by atoms with E-state index in [1.165, 1.54) is 0 Å². The molecular formula is C12H24N2O. The van der Waals surface area contributed by atoms with Crippen LogP contribution >= 0.6 is 0 Å². The number of ether oxygens (including phenoxy) is 1. The maximum absolute atomic E-state index is 5.73. The van der Waals surface area contributed by atoms with Crippen LogP contribution < -0.4 is 11.5 Å².